The number of guanidine groups is 1. The molecule has 1 atom stereocenters. The van der Waals surface area contributed by atoms with Crippen LogP contribution >= 0.6 is 0 Å². The topological polar surface area (TPSA) is 53.6 Å². The smallest absolute Gasteiger partial charge is 0.189 e. The third-order valence-electron chi connectivity index (χ3n) is 4.36. The lowest BCUT2D eigenvalue weighted by Gasteiger charge is -2.17. The highest BCUT2D eigenvalue weighted by Crippen LogP contribution is 2.17. The Morgan fingerprint density at radius 2 is 1.79 bits per heavy atom. The lowest BCUT2D eigenvalue weighted by atomic mass is 10.0. The zero-order chi connectivity index (χ0) is 17.4. The van der Waals surface area contributed by atoms with Gasteiger partial charge in [-0.15, -0.1) is 0 Å². The van der Waals surface area contributed by atoms with Gasteiger partial charge in [0.1, 0.15) is 0 Å². The fourth-order valence-corrected chi connectivity index (χ4v) is 2.88. The number of hydrogen-bond donors (Lipinski definition) is 2. The number of nitrogens with one attached hydrogen (secondary N) is 1. The Kier molecular flexibility index (Phi) is 7.16. The molecule has 0 fully saturated rings. The van der Waals surface area contributed by atoms with E-state index in [0.29, 0.717) is 18.5 Å². The fourth-order valence-electron chi connectivity index (χ4n) is 2.88. The van der Waals surface area contributed by atoms with Crippen LogP contribution in [0.3, 0.4) is 0 Å². The van der Waals surface area contributed by atoms with E-state index in [2.05, 4.69) is 72.4 Å². The van der Waals surface area contributed by atoms with Gasteiger partial charge in [0, 0.05) is 24.8 Å². The molecule has 0 saturated heterocycles. The van der Waals surface area contributed by atoms with Gasteiger partial charge in [0.2, 0.25) is 0 Å². The first-order chi connectivity index (χ1) is 11.5. The first kappa shape index (κ1) is 18.4. The minimum Gasteiger partial charge on any atom is -0.370 e. The molecule has 0 saturated carbocycles. The Hall–Kier alpha value is -1.97. The molecule has 24 heavy (non-hydrogen) atoms. The highest BCUT2D eigenvalue weighted by atomic mass is 15.1. The van der Waals surface area contributed by atoms with Gasteiger partial charge in [-0.3, -0.25) is 0 Å². The third kappa shape index (κ3) is 6.26. The number of nitrogens with zero attached hydrogens (tertiary/aromatic N) is 2. The number of aliphatic imine (C=N–C) groups is 1. The predicted molar refractivity (Wildman–Crippen MR) is 104 cm³/mol. The summed E-state index contributed by atoms with van der Waals surface area (Å²) in [5.41, 5.74) is 8.45. The molecule has 1 heterocycles. The van der Waals surface area contributed by atoms with E-state index in [1.807, 2.05) is 0 Å². The summed E-state index contributed by atoms with van der Waals surface area (Å²) in [6, 6.07) is 8.97. The first-order valence-corrected chi connectivity index (χ1v) is 9.10. The van der Waals surface area contributed by atoms with Crippen LogP contribution in [0.1, 0.15) is 45.6 Å². The largest absolute Gasteiger partial charge is 0.370 e. The van der Waals surface area contributed by atoms with Crippen molar-refractivity contribution < 1.29 is 0 Å². The van der Waals surface area contributed by atoms with E-state index in [4.69, 9.17) is 5.73 Å². The Balaban J connectivity index is 1.75. The zero-order valence-electron chi connectivity index (χ0n) is 15.3. The maximum Gasteiger partial charge on any atom is 0.189 e. The molecular formula is C20H32N4. The Morgan fingerprint density at radius 1 is 1.12 bits per heavy atom. The van der Waals surface area contributed by atoms with Gasteiger partial charge in [0.05, 0.1) is 6.54 Å². The van der Waals surface area contributed by atoms with Crippen LogP contribution in [-0.4, -0.2) is 25.1 Å². The lowest BCUT2D eigenvalue weighted by molar-refractivity contribution is 0.493. The molecule has 0 bridgehead atoms. The van der Waals surface area contributed by atoms with Crippen molar-refractivity contribution in [3.05, 3.63) is 42.0 Å². The number of hydrogen-bond acceptors (Lipinski definition) is 2. The number of benzene rings is 1. The molecule has 1 aliphatic rings. The summed E-state index contributed by atoms with van der Waals surface area (Å²) in [5, 5.41) is 3.29. The molecule has 4 heteroatoms. The molecule has 3 N–H and O–H groups in total. The molecule has 4 nitrogen and oxygen atoms in total. The van der Waals surface area contributed by atoms with Crippen LogP contribution in [-0.2, 0) is 6.54 Å². The molecule has 0 aliphatic carbocycles. The molecule has 0 aromatic heterocycles. The summed E-state index contributed by atoms with van der Waals surface area (Å²) >= 11 is 0. The Morgan fingerprint density at radius 3 is 2.42 bits per heavy atom. The Bertz CT molecular complexity index is 537. The van der Waals surface area contributed by atoms with E-state index >= 15 is 0 Å². The van der Waals surface area contributed by atoms with Crippen molar-refractivity contribution in [1.29, 1.82) is 0 Å². The van der Waals surface area contributed by atoms with Gasteiger partial charge in [0.25, 0.3) is 0 Å². The second-order valence-electron chi connectivity index (χ2n) is 7.11. The minimum atomic E-state index is 0.373. The van der Waals surface area contributed by atoms with Crippen LogP contribution in [0.25, 0.3) is 0 Å². The molecule has 2 rings (SSSR count). The molecule has 1 aromatic rings. The standard InChI is InChI=1S/C20H32N4/c1-16(2)7-6-8-17(3)23-20(21)22-15-18-9-11-19(12-10-18)24-13-4-5-14-24/h4-5,9-12,16-17H,6-8,13-15H2,1-3H3,(H3,21,22,23). The maximum atomic E-state index is 6.01. The highest BCUT2D eigenvalue weighted by molar-refractivity contribution is 5.78. The zero-order valence-corrected chi connectivity index (χ0v) is 15.3. The monoisotopic (exact) mass is 328 g/mol. The van der Waals surface area contributed by atoms with Crippen LogP contribution in [0.5, 0.6) is 0 Å². The van der Waals surface area contributed by atoms with Crippen molar-refractivity contribution in [3.8, 4) is 0 Å². The van der Waals surface area contributed by atoms with Crippen LogP contribution < -0.4 is 16.0 Å². The molecule has 1 aliphatic heterocycles. The molecule has 132 valence electrons. The van der Waals surface area contributed by atoms with Crippen LogP contribution in [0.4, 0.5) is 5.69 Å². The quantitative estimate of drug-likeness (QED) is 0.435. The highest BCUT2D eigenvalue weighted by Gasteiger charge is 2.07. The molecule has 1 aromatic carbocycles. The van der Waals surface area contributed by atoms with E-state index in [9.17, 15) is 0 Å². The predicted octanol–water partition coefficient (Wildman–Crippen LogP) is 3.68. The Labute approximate surface area is 146 Å². The van der Waals surface area contributed by atoms with E-state index in [1.165, 1.54) is 24.1 Å². The second-order valence-corrected chi connectivity index (χ2v) is 7.11. The number of nitrogens with two attached hydrogens (primary N) is 1. The number of anilines is 1. The molecule has 1 unspecified atom stereocenters. The van der Waals surface area contributed by atoms with Gasteiger partial charge in [-0.05, 0) is 37.0 Å². The van der Waals surface area contributed by atoms with Gasteiger partial charge in [-0.1, -0.05) is 51.0 Å². The van der Waals surface area contributed by atoms with E-state index in [-0.39, 0.29) is 0 Å². The summed E-state index contributed by atoms with van der Waals surface area (Å²) in [7, 11) is 0. The van der Waals surface area contributed by atoms with Crippen molar-refractivity contribution in [1.82, 2.24) is 5.32 Å². The lowest BCUT2D eigenvalue weighted by Crippen LogP contribution is -2.38. The van der Waals surface area contributed by atoms with Crippen molar-refractivity contribution in [3.63, 3.8) is 0 Å². The average molecular weight is 329 g/mol. The maximum absolute atomic E-state index is 6.01. The van der Waals surface area contributed by atoms with Crippen LogP contribution in [0.2, 0.25) is 0 Å². The van der Waals surface area contributed by atoms with Gasteiger partial charge in [-0.25, -0.2) is 4.99 Å². The molecular weight excluding hydrogens is 296 g/mol. The SMILES string of the molecule is CC(C)CCCC(C)NC(N)=NCc1ccc(N2CC=CC2)cc1. The third-order valence-corrected chi connectivity index (χ3v) is 4.36. The second kappa shape index (κ2) is 9.36. The van der Waals surface area contributed by atoms with Gasteiger partial charge < -0.3 is 16.0 Å². The summed E-state index contributed by atoms with van der Waals surface area (Å²) in [6.07, 6.45) is 8.03. The normalized spacial score (nSPS) is 16.0. The summed E-state index contributed by atoms with van der Waals surface area (Å²) < 4.78 is 0. The van der Waals surface area contributed by atoms with Crippen molar-refractivity contribution >= 4 is 11.6 Å². The van der Waals surface area contributed by atoms with Crippen LogP contribution in [0, 0.1) is 5.92 Å². The minimum absolute atomic E-state index is 0.373. The average Bonchev–Trinajstić information content (AvgIpc) is 3.07. The molecule has 0 amide bonds. The van der Waals surface area contributed by atoms with E-state index in [0.717, 1.165) is 25.4 Å². The van der Waals surface area contributed by atoms with Gasteiger partial charge in [-0.2, -0.15) is 0 Å². The van der Waals surface area contributed by atoms with Crippen molar-refractivity contribution in [2.45, 2.75) is 52.6 Å². The van der Waals surface area contributed by atoms with Gasteiger partial charge in [0.15, 0.2) is 5.96 Å². The molecule has 0 spiro atoms. The van der Waals surface area contributed by atoms with Crippen molar-refractivity contribution in [2.24, 2.45) is 16.6 Å². The molecule has 0 radical (unpaired) electrons. The summed E-state index contributed by atoms with van der Waals surface area (Å²) in [4.78, 5) is 6.80. The van der Waals surface area contributed by atoms with E-state index < -0.39 is 0 Å². The number of rotatable bonds is 8. The van der Waals surface area contributed by atoms with Gasteiger partial charge >= 0.3 is 0 Å². The van der Waals surface area contributed by atoms with Crippen molar-refractivity contribution in [2.75, 3.05) is 18.0 Å². The van der Waals surface area contributed by atoms with Crippen LogP contribution in [0.15, 0.2) is 41.4 Å². The summed E-state index contributed by atoms with van der Waals surface area (Å²) in [5.74, 6) is 1.31. The fraction of sp³-hybridized carbons (Fsp3) is 0.550. The first-order valence-electron chi connectivity index (χ1n) is 9.10. The van der Waals surface area contributed by atoms with E-state index in [1.54, 1.807) is 0 Å². The summed E-state index contributed by atoms with van der Waals surface area (Å²) in [6.45, 7) is 9.32.